The highest BCUT2D eigenvalue weighted by atomic mass is 16.6. The van der Waals surface area contributed by atoms with Crippen LogP contribution >= 0.6 is 0 Å². The van der Waals surface area contributed by atoms with Gasteiger partial charge in [0.25, 0.3) is 0 Å². The molecule has 1 aromatic heterocycles. The van der Waals surface area contributed by atoms with Gasteiger partial charge in [-0.25, -0.2) is 0 Å². The SMILES string of the molecule is O=c1[nH]cc(C2CCN2)cc1[N+](=O)[O-]. The quantitative estimate of drug-likeness (QED) is 0.525. The molecule has 1 saturated heterocycles. The second kappa shape index (κ2) is 3.22. The van der Waals surface area contributed by atoms with Crippen molar-refractivity contribution < 1.29 is 4.92 Å². The Bertz CT molecular complexity index is 422. The molecule has 0 aromatic carbocycles. The van der Waals surface area contributed by atoms with Gasteiger partial charge in [0.05, 0.1) is 4.92 Å². The minimum absolute atomic E-state index is 0.144. The van der Waals surface area contributed by atoms with Crippen LogP contribution in [-0.2, 0) is 0 Å². The van der Waals surface area contributed by atoms with Crippen molar-refractivity contribution in [3.8, 4) is 0 Å². The molecule has 1 aliphatic rings. The average molecular weight is 195 g/mol. The molecule has 1 unspecified atom stereocenters. The van der Waals surface area contributed by atoms with Crippen LogP contribution in [0.3, 0.4) is 0 Å². The third kappa shape index (κ3) is 1.39. The van der Waals surface area contributed by atoms with Crippen LogP contribution in [-0.4, -0.2) is 16.5 Å². The van der Waals surface area contributed by atoms with Gasteiger partial charge in [-0.3, -0.25) is 14.9 Å². The van der Waals surface area contributed by atoms with E-state index >= 15 is 0 Å². The number of aromatic amines is 1. The molecular weight excluding hydrogens is 186 g/mol. The summed E-state index contributed by atoms with van der Waals surface area (Å²) < 4.78 is 0. The highest BCUT2D eigenvalue weighted by Gasteiger charge is 2.22. The summed E-state index contributed by atoms with van der Waals surface area (Å²) in [5, 5.41) is 13.6. The number of H-pyrrole nitrogens is 1. The zero-order chi connectivity index (χ0) is 10.1. The molecule has 0 amide bonds. The molecule has 1 fully saturated rings. The molecule has 0 spiro atoms. The summed E-state index contributed by atoms with van der Waals surface area (Å²) in [6, 6.07) is 1.47. The molecule has 0 saturated carbocycles. The maximum Gasteiger partial charge on any atom is 0.334 e. The number of hydrogen-bond donors (Lipinski definition) is 2. The molecule has 6 heteroatoms. The molecule has 0 bridgehead atoms. The second-order valence-electron chi connectivity index (χ2n) is 3.20. The van der Waals surface area contributed by atoms with Crippen molar-refractivity contribution in [2.45, 2.75) is 12.5 Å². The van der Waals surface area contributed by atoms with Gasteiger partial charge in [-0.15, -0.1) is 0 Å². The predicted molar refractivity (Wildman–Crippen MR) is 49.1 cm³/mol. The average Bonchev–Trinajstić information content (AvgIpc) is 2.04. The van der Waals surface area contributed by atoms with E-state index in [1.807, 2.05) is 0 Å². The maximum absolute atomic E-state index is 11.0. The second-order valence-corrected chi connectivity index (χ2v) is 3.20. The summed E-state index contributed by atoms with van der Waals surface area (Å²) in [6.45, 7) is 0.914. The van der Waals surface area contributed by atoms with Crippen molar-refractivity contribution in [2.75, 3.05) is 6.54 Å². The molecule has 6 nitrogen and oxygen atoms in total. The predicted octanol–water partition coefficient (Wildman–Crippen LogP) is 0.317. The number of aromatic nitrogens is 1. The van der Waals surface area contributed by atoms with E-state index < -0.39 is 16.2 Å². The lowest BCUT2D eigenvalue weighted by molar-refractivity contribution is -0.386. The molecule has 2 rings (SSSR count). The van der Waals surface area contributed by atoms with Crippen LogP contribution in [0, 0.1) is 10.1 Å². The minimum Gasteiger partial charge on any atom is -0.323 e. The third-order valence-corrected chi connectivity index (χ3v) is 2.33. The van der Waals surface area contributed by atoms with Crippen LogP contribution in [0.1, 0.15) is 18.0 Å². The number of hydrogen-bond acceptors (Lipinski definition) is 4. The monoisotopic (exact) mass is 195 g/mol. The highest BCUT2D eigenvalue weighted by Crippen LogP contribution is 2.23. The Labute approximate surface area is 79.1 Å². The van der Waals surface area contributed by atoms with Crippen LogP contribution in [0.5, 0.6) is 0 Å². The number of nitrogens with zero attached hydrogens (tertiary/aromatic N) is 1. The van der Waals surface area contributed by atoms with Gasteiger partial charge in [-0.05, 0) is 18.5 Å². The van der Waals surface area contributed by atoms with Crippen molar-refractivity contribution in [3.05, 3.63) is 38.3 Å². The van der Waals surface area contributed by atoms with Gasteiger partial charge in [0.1, 0.15) is 0 Å². The molecule has 2 N–H and O–H groups in total. The molecule has 2 heterocycles. The first-order chi connectivity index (χ1) is 6.68. The maximum atomic E-state index is 11.0. The summed E-state index contributed by atoms with van der Waals surface area (Å²) in [4.78, 5) is 23.2. The topological polar surface area (TPSA) is 88.0 Å². The molecular formula is C8H9N3O3. The van der Waals surface area contributed by atoms with E-state index in [4.69, 9.17) is 0 Å². The van der Waals surface area contributed by atoms with E-state index in [9.17, 15) is 14.9 Å². The molecule has 14 heavy (non-hydrogen) atoms. The van der Waals surface area contributed by atoms with Crippen molar-refractivity contribution in [1.29, 1.82) is 0 Å². The summed E-state index contributed by atoms with van der Waals surface area (Å²) in [7, 11) is 0. The first-order valence-corrected chi connectivity index (χ1v) is 4.29. The van der Waals surface area contributed by atoms with Gasteiger partial charge in [-0.1, -0.05) is 0 Å². The number of nitro groups is 1. The van der Waals surface area contributed by atoms with Gasteiger partial charge in [0.15, 0.2) is 0 Å². The van der Waals surface area contributed by atoms with Crippen LogP contribution in [0.25, 0.3) is 0 Å². The lowest BCUT2D eigenvalue weighted by Crippen LogP contribution is -2.35. The lowest BCUT2D eigenvalue weighted by Gasteiger charge is -2.27. The first kappa shape index (κ1) is 8.89. The molecule has 74 valence electrons. The Morgan fingerprint density at radius 1 is 1.57 bits per heavy atom. The Hall–Kier alpha value is -1.69. The Balaban J connectivity index is 2.40. The molecule has 1 aliphatic heterocycles. The number of nitrogens with one attached hydrogen (secondary N) is 2. The fraction of sp³-hybridized carbons (Fsp3) is 0.375. The summed E-state index contributed by atoms with van der Waals surface area (Å²) in [5.74, 6) is 0. The van der Waals surface area contributed by atoms with E-state index in [2.05, 4.69) is 10.3 Å². The fourth-order valence-corrected chi connectivity index (χ4v) is 1.40. The van der Waals surface area contributed by atoms with E-state index in [0.717, 1.165) is 18.5 Å². The van der Waals surface area contributed by atoms with Gasteiger partial charge in [-0.2, -0.15) is 0 Å². The van der Waals surface area contributed by atoms with E-state index in [1.165, 1.54) is 12.3 Å². The number of rotatable bonds is 2. The summed E-state index contributed by atoms with van der Waals surface area (Å²) in [5.41, 5.74) is -0.281. The van der Waals surface area contributed by atoms with Gasteiger partial charge in [0, 0.05) is 18.3 Å². The molecule has 0 aliphatic carbocycles. The third-order valence-electron chi connectivity index (χ3n) is 2.33. The van der Waals surface area contributed by atoms with Crippen molar-refractivity contribution in [3.63, 3.8) is 0 Å². The fourth-order valence-electron chi connectivity index (χ4n) is 1.40. The summed E-state index contributed by atoms with van der Waals surface area (Å²) >= 11 is 0. The van der Waals surface area contributed by atoms with Crippen LogP contribution in [0.15, 0.2) is 17.1 Å². The van der Waals surface area contributed by atoms with Crippen molar-refractivity contribution in [1.82, 2.24) is 10.3 Å². The Morgan fingerprint density at radius 3 is 2.79 bits per heavy atom. The molecule has 1 atom stereocenters. The van der Waals surface area contributed by atoms with Gasteiger partial charge >= 0.3 is 11.2 Å². The van der Waals surface area contributed by atoms with E-state index in [0.29, 0.717) is 0 Å². The normalized spacial score (nSPS) is 20.1. The standard InChI is InChI=1S/C8H9N3O3/c12-8-7(11(13)14)3-5(4-10-8)6-1-2-9-6/h3-4,6,9H,1-2H2,(H,10,12). The highest BCUT2D eigenvalue weighted by molar-refractivity contribution is 5.32. The van der Waals surface area contributed by atoms with Crippen molar-refractivity contribution >= 4 is 5.69 Å². The Kier molecular flexibility index (Phi) is 2.05. The van der Waals surface area contributed by atoms with E-state index in [1.54, 1.807) is 0 Å². The van der Waals surface area contributed by atoms with E-state index in [-0.39, 0.29) is 6.04 Å². The minimum atomic E-state index is -0.666. The van der Waals surface area contributed by atoms with Gasteiger partial charge < -0.3 is 10.3 Å². The molecule has 0 radical (unpaired) electrons. The van der Waals surface area contributed by atoms with Crippen molar-refractivity contribution in [2.24, 2.45) is 0 Å². The zero-order valence-corrected chi connectivity index (χ0v) is 7.32. The number of pyridine rings is 1. The van der Waals surface area contributed by atoms with Crippen LogP contribution in [0.4, 0.5) is 5.69 Å². The smallest absolute Gasteiger partial charge is 0.323 e. The lowest BCUT2D eigenvalue weighted by atomic mass is 9.99. The largest absolute Gasteiger partial charge is 0.334 e. The molecule has 1 aromatic rings. The zero-order valence-electron chi connectivity index (χ0n) is 7.32. The van der Waals surface area contributed by atoms with Crippen LogP contribution < -0.4 is 10.9 Å². The first-order valence-electron chi connectivity index (χ1n) is 4.29. The van der Waals surface area contributed by atoms with Gasteiger partial charge in [0.2, 0.25) is 0 Å². The van der Waals surface area contributed by atoms with Crippen LogP contribution in [0.2, 0.25) is 0 Å². The summed E-state index contributed by atoms with van der Waals surface area (Å²) in [6.07, 6.45) is 2.47. The Morgan fingerprint density at radius 2 is 2.29 bits per heavy atom.